The maximum atomic E-state index is 11.6. The fourth-order valence-corrected chi connectivity index (χ4v) is 1.81. The lowest BCUT2D eigenvalue weighted by molar-refractivity contribution is -0.139. The van der Waals surface area contributed by atoms with Crippen LogP contribution in [-0.2, 0) is 9.53 Å². The fourth-order valence-electron chi connectivity index (χ4n) is 1.81. The van der Waals surface area contributed by atoms with Crippen LogP contribution in [0.15, 0.2) is 0 Å². The topological polar surface area (TPSA) is 87.7 Å². The molecule has 2 unspecified atom stereocenters. The van der Waals surface area contributed by atoms with E-state index < -0.39 is 18.0 Å². The zero-order chi connectivity index (χ0) is 12.8. The second-order valence-electron chi connectivity index (χ2n) is 4.33. The van der Waals surface area contributed by atoms with E-state index in [-0.39, 0.29) is 6.04 Å². The molecule has 3 N–H and O–H groups in total. The summed E-state index contributed by atoms with van der Waals surface area (Å²) < 4.78 is 5.23. The van der Waals surface area contributed by atoms with Gasteiger partial charge in [0, 0.05) is 18.6 Å². The second-order valence-corrected chi connectivity index (χ2v) is 4.33. The van der Waals surface area contributed by atoms with Crippen molar-refractivity contribution in [2.75, 3.05) is 13.2 Å². The van der Waals surface area contributed by atoms with E-state index in [0.29, 0.717) is 18.9 Å². The molecule has 0 aromatic rings. The van der Waals surface area contributed by atoms with Gasteiger partial charge in [-0.15, -0.1) is 0 Å². The standard InChI is InChI=1S/C11H20N2O4/c1-3-9(10(14)15)13-11(16)12-7(2)8-4-5-17-6-8/h7-9H,3-6H2,1-2H3,(H,14,15)(H2,12,13,16)/t7?,8?,9-/m1/s1. The molecule has 3 atom stereocenters. The first kappa shape index (κ1) is 13.8. The average Bonchev–Trinajstić information content (AvgIpc) is 2.78. The number of carbonyl (C=O) groups excluding carboxylic acids is 1. The Kier molecular flexibility index (Phi) is 5.21. The zero-order valence-electron chi connectivity index (χ0n) is 10.2. The number of carboxylic acid groups (broad SMARTS) is 1. The minimum absolute atomic E-state index is 0.0104. The summed E-state index contributed by atoms with van der Waals surface area (Å²) in [5.74, 6) is -0.704. The number of carboxylic acids is 1. The number of hydrogen-bond acceptors (Lipinski definition) is 3. The summed E-state index contributed by atoms with van der Waals surface area (Å²) in [6, 6.07) is -1.27. The molecule has 6 heteroatoms. The van der Waals surface area contributed by atoms with Crippen molar-refractivity contribution in [2.45, 2.75) is 38.8 Å². The lowest BCUT2D eigenvalue weighted by atomic mass is 10.0. The third-order valence-electron chi connectivity index (χ3n) is 3.04. The fraction of sp³-hybridized carbons (Fsp3) is 0.818. The van der Waals surface area contributed by atoms with Gasteiger partial charge < -0.3 is 20.5 Å². The van der Waals surface area contributed by atoms with Gasteiger partial charge in [-0.05, 0) is 19.8 Å². The SMILES string of the molecule is CC[C@@H](NC(=O)NC(C)C1CCOC1)C(=O)O. The molecular formula is C11H20N2O4. The molecule has 1 aliphatic heterocycles. The normalized spacial score (nSPS) is 22.8. The number of carbonyl (C=O) groups is 2. The van der Waals surface area contributed by atoms with Crippen LogP contribution in [0.2, 0.25) is 0 Å². The Morgan fingerprint density at radius 2 is 2.18 bits per heavy atom. The molecule has 1 rings (SSSR count). The number of nitrogens with one attached hydrogen (secondary N) is 2. The summed E-state index contributed by atoms with van der Waals surface area (Å²) in [7, 11) is 0. The van der Waals surface area contributed by atoms with E-state index in [1.165, 1.54) is 0 Å². The predicted octanol–water partition coefficient (Wildman–Crippen LogP) is 0.574. The number of amides is 2. The highest BCUT2D eigenvalue weighted by molar-refractivity contribution is 5.82. The molecule has 1 fully saturated rings. The Bertz CT molecular complexity index is 277. The molecule has 0 aromatic heterocycles. The van der Waals surface area contributed by atoms with E-state index in [2.05, 4.69) is 10.6 Å². The van der Waals surface area contributed by atoms with Crippen LogP contribution >= 0.6 is 0 Å². The molecule has 6 nitrogen and oxygen atoms in total. The van der Waals surface area contributed by atoms with Crippen molar-refractivity contribution in [1.82, 2.24) is 10.6 Å². The Hall–Kier alpha value is -1.30. The summed E-state index contributed by atoms with van der Waals surface area (Å²) in [6.07, 6.45) is 1.29. The third-order valence-corrected chi connectivity index (χ3v) is 3.04. The number of aliphatic carboxylic acids is 1. The molecule has 17 heavy (non-hydrogen) atoms. The second kappa shape index (κ2) is 6.44. The van der Waals surface area contributed by atoms with Crippen LogP contribution in [-0.4, -0.2) is 42.4 Å². The number of rotatable bonds is 5. The van der Waals surface area contributed by atoms with Gasteiger partial charge in [0.25, 0.3) is 0 Å². The smallest absolute Gasteiger partial charge is 0.326 e. The average molecular weight is 244 g/mol. The van der Waals surface area contributed by atoms with Crippen LogP contribution in [0.1, 0.15) is 26.7 Å². The van der Waals surface area contributed by atoms with Gasteiger partial charge in [0.15, 0.2) is 0 Å². The molecule has 2 amide bonds. The molecule has 1 heterocycles. The third kappa shape index (κ3) is 4.22. The first-order valence-electron chi connectivity index (χ1n) is 5.92. The number of ether oxygens (including phenoxy) is 1. The molecule has 0 aliphatic carbocycles. The largest absolute Gasteiger partial charge is 0.480 e. The van der Waals surface area contributed by atoms with E-state index in [0.717, 1.165) is 13.0 Å². The summed E-state index contributed by atoms with van der Waals surface area (Å²) in [5.41, 5.74) is 0. The van der Waals surface area contributed by atoms with Gasteiger partial charge in [0.1, 0.15) is 6.04 Å². The van der Waals surface area contributed by atoms with Crippen molar-refractivity contribution in [1.29, 1.82) is 0 Å². The van der Waals surface area contributed by atoms with Crippen molar-refractivity contribution >= 4 is 12.0 Å². The van der Waals surface area contributed by atoms with Crippen molar-refractivity contribution in [3.63, 3.8) is 0 Å². The van der Waals surface area contributed by atoms with Gasteiger partial charge >= 0.3 is 12.0 Å². The molecule has 0 spiro atoms. The van der Waals surface area contributed by atoms with E-state index in [4.69, 9.17) is 9.84 Å². The summed E-state index contributed by atoms with van der Waals surface area (Å²) >= 11 is 0. The Balaban J connectivity index is 2.35. The molecule has 0 radical (unpaired) electrons. The van der Waals surface area contributed by atoms with Gasteiger partial charge in [-0.2, -0.15) is 0 Å². The van der Waals surface area contributed by atoms with Crippen LogP contribution < -0.4 is 10.6 Å². The molecule has 1 aliphatic rings. The number of urea groups is 1. The molecular weight excluding hydrogens is 224 g/mol. The monoisotopic (exact) mass is 244 g/mol. The maximum absolute atomic E-state index is 11.6. The summed E-state index contributed by atoms with van der Waals surface area (Å²) in [4.78, 5) is 22.3. The van der Waals surface area contributed by atoms with Crippen LogP contribution in [0, 0.1) is 5.92 Å². The molecule has 1 saturated heterocycles. The first-order valence-corrected chi connectivity index (χ1v) is 5.92. The predicted molar refractivity (Wildman–Crippen MR) is 61.8 cm³/mol. The Labute approximate surface area is 101 Å². The van der Waals surface area contributed by atoms with Gasteiger partial charge in [-0.3, -0.25) is 0 Å². The van der Waals surface area contributed by atoms with Gasteiger partial charge in [-0.25, -0.2) is 9.59 Å². The van der Waals surface area contributed by atoms with Crippen molar-refractivity contribution in [3.8, 4) is 0 Å². The van der Waals surface area contributed by atoms with Gasteiger partial charge in [0.2, 0.25) is 0 Å². The highest BCUT2D eigenvalue weighted by Crippen LogP contribution is 2.16. The van der Waals surface area contributed by atoms with E-state index in [1.807, 2.05) is 6.92 Å². The van der Waals surface area contributed by atoms with Crippen molar-refractivity contribution in [2.24, 2.45) is 5.92 Å². The Morgan fingerprint density at radius 3 is 2.65 bits per heavy atom. The van der Waals surface area contributed by atoms with Crippen molar-refractivity contribution in [3.05, 3.63) is 0 Å². The van der Waals surface area contributed by atoms with Crippen molar-refractivity contribution < 1.29 is 19.4 Å². The quantitative estimate of drug-likeness (QED) is 0.660. The molecule has 98 valence electrons. The summed E-state index contributed by atoms with van der Waals surface area (Å²) in [6.45, 7) is 5.00. The van der Waals surface area contributed by atoms with Crippen LogP contribution in [0.4, 0.5) is 4.79 Å². The maximum Gasteiger partial charge on any atom is 0.326 e. The summed E-state index contributed by atoms with van der Waals surface area (Å²) in [5, 5.41) is 14.0. The lowest BCUT2D eigenvalue weighted by Crippen LogP contribution is -2.49. The van der Waals surface area contributed by atoms with Crippen LogP contribution in [0.25, 0.3) is 0 Å². The van der Waals surface area contributed by atoms with E-state index in [9.17, 15) is 9.59 Å². The van der Waals surface area contributed by atoms with Gasteiger partial charge in [-0.1, -0.05) is 6.92 Å². The molecule has 0 saturated carbocycles. The molecule has 0 aromatic carbocycles. The van der Waals surface area contributed by atoms with Crippen LogP contribution in [0.3, 0.4) is 0 Å². The highest BCUT2D eigenvalue weighted by Gasteiger charge is 2.25. The highest BCUT2D eigenvalue weighted by atomic mass is 16.5. The van der Waals surface area contributed by atoms with Crippen LogP contribution in [0.5, 0.6) is 0 Å². The van der Waals surface area contributed by atoms with E-state index in [1.54, 1.807) is 6.92 Å². The Morgan fingerprint density at radius 1 is 1.47 bits per heavy atom. The lowest BCUT2D eigenvalue weighted by Gasteiger charge is -2.21. The minimum atomic E-state index is -1.01. The first-order chi connectivity index (χ1) is 8.04. The number of hydrogen-bond donors (Lipinski definition) is 3. The minimum Gasteiger partial charge on any atom is -0.480 e. The van der Waals surface area contributed by atoms with E-state index >= 15 is 0 Å². The zero-order valence-corrected chi connectivity index (χ0v) is 10.2. The van der Waals surface area contributed by atoms with Gasteiger partial charge in [0.05, 0.1) is 6.61 Å². The molecule has 0 bridgehead atoms.